The summed E-state index contributed by atoms with van der Waals surface area (Å²) in [7, 11) is 3.88. The van der Waals surface area contributed by atoms with E-state index in [-0.39, 0.29) is 6.04 Å². The molecule has 1 heterocycles. The molecule has 1 atom stereocenters. The summed E-state index contributed by atoms with van der Waals surface area (Å²) in [5.74, 6) is -0.878. The highest BCUT2D eigenvalue weighted by Gasteiger charge is 2.20. The molecule has 0 aliphatic carbocycles. The average Bonchev–Trinajstić information content (AvgIpc) is 3.08. The molecule has 0 aliphatic heterocycles. The fourth-order valence-corrected chi connectivity index (χ4v) is 2.67. The van der Waals surface area contributed by atoms with Gasteiger partial charge in [0.2, 0.25) is 0 Å². The van der Waals surface area contributed by atoms with Crippen molar-refractivity contribution < 1.29 is 9.59 Å². The van der Waals surface area contributed by atoms with E-state index in [0.29, 0.717) is 18.2 Å². The molecule has 2 amide bonds. The number of carbonyl (C=O) groups excluding carboxylic acids is 2. The van der Waals surface area contributed by atoms with Crippen molar-refractivity contribution in [2.75, 3.05) is 26.0 Å². The van der Waals surface area contributed by atoms with Crippen molar-refractivity contribution >= 4 is 17.5 Å². The summed E-state index contributed by atoms with van der Waals surface area (Å²) in [6.45, 7) is 4.86. The number of hydrogen-bond acceptors (Lipinski definition) is 5. The zero-order valence-electron chi connectivity index (χ0n) is 15.6. The Bertz CT molecular complexity index is 700. The number of rotatable bonds is 7. The van der Waals surface area contributed by atoms with Gasteiger partial charge in [0.15, 0.2) is 0 Å². The molecule has 140 valence electrons. The Labute approximate surface area is 153 Å². The van der Waals surface area contributed by atoms with Gasteiger partial charge < -0.3 is 15.5 Å². The molecule has 8 nitrogen and oxygen atoms in total. The smallest absolute Gasteiger partial charge is 0.313 e. The predicted molar refractivity (Wildman–Crippen MR) is 99.9 cm³/mol. The summed E-state index contributed by atoms with van der Waals surface area (Å²) >= 11 is 0. The quantitative estimate of drug-likeness (QED) is 0.728. The molecule has 2 rings (SSSR count). The first-order valence-electron chi connectivity index (χ1n) is 8.56. The lowest BCUT2D eigenvalue weighted by Crippen LogP contribution is -2.46. The molecule has 1 unspecified atom stereocenters. The number of nitrogens with zero attached hydrogens (tertiary/aromatic N) is 4. The standard InChI is InChI=1S/C18H26N6O2/c1-13(2)9-15(10-23(3)4)22-18(26)17(25)21-14-5-7-16(8-6-14)24-12-19-11-20-24/h5-8,11-13,15H,9-10H2,1-4H3,(H,21,25)(H,22,26). The Kier molecular flexibility index (Phi) is 6.85. The lowest BCUT2D eigenvalue weighted by Gasteiger charge is -2.23. The number of aromatic nitrogens is 3. The highest BCUT2D eigenvalue weighted by atomic mass is 16.2. The number of anilines is 1. The van der Waals surface area contributed by atoms with Crippen LogP contribution in [0.3, 0.4) is 0 Å². The van der Waals surface area contributed by atoms with Crippen molar-refractivity contribution in [1.82, 2.24) is 25.0 Å². The van der Waals surface area contributed by atoms with Crippen LogP contribution in [0.1, 0.15) is 20.3 Å². The second-order valence-electron chi connectivity index (χ2n) is 6.90. The van der Waals surface area contributed by atoms with Crippen molar-refractivity contribution in [3.05, 3.63) is 36.9 Å². The monoisotopic (exact) mass is 358 g/mol. The Balaban J connectivity index is 1.94. The van der Waals surface area contributed by atoms with Gasteiger partial charge >= 0.3 is 11.8 Å². The highest BCUT2D eigenvalue weighted by molar-refractivity contribution is 6.39. The van der Waals surface area contributed by atoms with Crippen molar-refractivity contribution in [3.63, 3.8) is 0 Å². The zero-order chi connectivity index (χ0) is 19.1. The van der Waals surface area contributed by atoms with Gasteiger partial charge in [0.05, 0.1) is 5.69 Å². The van der Waals surface area contributed by atoms with Gasteiger partial charge in [-0.3, -0.25) is 9.59 Å². The number of likely N-dealkylation sites (N-methyl/N-ethyl adjacent to an activating group) is 1. The number of carbonyl (C=O) groups is 2. The molecule has 0 spiro atoms. The van der Waals surface area contributed by atoms with Crippen LogP contribution in [0.15, 0.2) is 36.9 Å². The maximum absolute atomic E-state index is 12.2. The molecule has 0 aliphatic rings. The van der Waals surface area contributed by atoms with Gasteiger partial charge in [0.25, 0.3) is 0 Å². The summed E-state index contributed by atoms with van der Waals surface area (Å²) < 4.78 is 1.61. The molecule has 26 heavy (non-hydrogen) atoms. The van der Waals surface area contributed by atoms with Gasteiger partial charge in [-0.05, 0) is 50.7 Å². The Morgan fingerprint density at radius 1 is 1.15 bits per heavy atom. The predicted octanol–water partition coefficient (Wildman–Crippen LogP) is 1.30. The second-order valence-corrected chi connectivity index (χ2v) is 6.90. The first-order chi connectivity index (χ1) is 12.3. The van der Waals surface area contributed by atoms with E-state index < -0.39 is 11.8 Å². The fraction of sp³-hybridized carbons (Fsp3) is 0.444. The van der Waals surface area contributed by atoms with Gasteiger partial charge in [-0.15, -0.1) is 0 Å². The largest absolute Gasteiger partial charge is 0.344 e. The molecule has 1 aromatic carbocycles. The number of hydrogen-bond donors (Lipinski definition) is 2. The van der Waals surface area contributed by atoms with Crippen LogP contribution in [0.25, 0.3) is 5.69 Å². The number of amides is 2. The molecule has 2 aromatic rings. The van der Waals surface area contributed by atoms with Gasteiger partial charge in [-0.25, -0.2) is 9.67 Å². The fourth-order valence-electron chi connectivity index (χ4n) is 2.67. The summed E-state index contributed by atoms with van der Waals surface area (Å²) in [6, 6.07) is 6.94. The van der Waals surface area contributed by atoms with Crippen molar-refractivity contribution in [2.45, 2.75) is 26.3 Å². The van der Waals surface area contributed by atoms with E-state index in [1.807, 2.05) is 19.0 Å². The highest BCUT2D eigenvalue weighted by Crippen LogP contribution is 2.12. The van der Waals surface area contributed by atoms with Gasteiger partial charge in [-0.1, -0.05) is 13.8 Å². The minimum atomic E-state index is -0.675. The first kappa shape index (κ1) is 19.6. The molecule has 8 heteroatoms. The molecule has 0 radical (unpaired) electrons. The SMILES string of the molecule is CC(C)CC(CN(C)C)NC(=O)C(=O)Nc1ccc(-n2cncn2)cc1. The zero-order valence-corrected chi connectivity index (χ0v) is 15.6. The van der Waals surface area contributed by atoms with E-state index >= 15 is 0 Å². The molecule has 0 saturated heterocycles. The van der Waals surface area contributed by atoms with Crippen LogP contribution in [0.5, 0.6) is 0 Å². The van der Waals surface area contributed by atoms with Crippen molar-refractivity contribution in [1.29, 1.82) is 0 Å². The molecule has 2 N–H and O–H groups in total. The summed E-state index contributed by atoms with van der Waals surface area (Å²) in [5.41, 5.74) is 1.36. The minimum Gasteiger partial charge on any atom is -0.344 e. The van der Waals surface area contributed by atoms with Crippen molar-refractivity contribution in [2.24, 2.45) is 5.92 Å². The third-order valence-electron chi connectivity index (χ3n) is 3.69. The number of benzene rings is 1. The van der Waals surface area contributed by atoms with E-state index in [2.05, 4.69) is 34.6 Å². The second kappa shape index (κ2) is 9.10. The third-order valence-corrected chi connectivity index (χ3v) is 3.69. The van der Waals surface area contributed by atoms with Gasteiger partial charge in [0, 0.05) is 18.3 Å². The molecule has 0 bridgehead atoms. The number of nitrogens with one attached hydrogen (secondary N) is 2. The molecule has 0 fully saturated rings. The summed E-state index contributed by atoms with van der Waals surface area (Å²) in [4.78, 5) is 30.3. The maximum atomic E-state index is 12.2. The average molecular weight is 358 g/mol. The van der Waals surface area contributed by atoms with Crippen molar-refractivity contribution in [3.8, 4) is 5.69 Å². The van der Waals surface area contributed by atoms with Crippen LogP contribution in [0.2, 0.25) is 0 Å². The normalized spacial score (nSPS) is 12.2. The van der Waals surface area contributed by atoms with Crippen LogP contribution in [0, 0.1) is 5.92 Å². The van der Waals surface area contributed by atoms with Crippen LogP contribution in [-0.4, -0.2) is 58.2 Å². The van der Waals surface area contributed by atoms with Crippen LogP contribution in [0.4, 0.5) is 5.69 Å². The molecule has 1 aromatic heterocycles. The first-order valence-corrected chi connectivity index (χ1v) is 8.56. The third kappa shape index (κ3) is 5.96. The lowest BCUT2D eigenvalue weighted by molar-refractivity contribution is -0.136. The maximum Gasteiger partial charge on any atom is 0.313 e. The van der Waals surface area contributed by atoms with Gasteiger partial charge in [-0.2, -0.15) is 5.10 Å². The van der Waals surface area contributed by atoms with E-state index in [1.54, 1.807) is 35.3 Å². The van der Waals surface area contributed by atoms with E-state index in [1.165, 1.54) is 6.33 Å². The van der Waals surface area contributed by atoms with Crippen LogP contribution < -0.4 is 10.6 Å². The summed E-state index contributed by atoms with van der Waals surface area (Å²) in [5, 5.41) is 9.47. The molecular weight excluding hydrogens is 332 g/mol. The molecular formula is C18H26N6O2. The topological polar surface area (TPSA) is 92.2 Å². The van der Waals surface area contributed by atoms with E-state index in [0.717, 1.165) is 12.1 Å². The summed E-state index contributed by atoms with van der Waals surface area (Å²) in [6.07, 6.45) is 3.84. The Morgan fingerprint density at radius 3 is 2.38 bits per heavy atom. The van der Waals surface area contributed by atoms with Crippen LogP contribution in [-0.2, 0) is 9.59 Å². The van der Waals surface area contributed by atoms with Crippen LogP contribution >= 0.6 is 0 Å². The Morgan fingerprint density at radius 2 is 1.85 bits per heavy atom. The van der Waals surface area contributed by atoms with E-state index in [4.69, 9.17) is 0 Å². The Hall–Kier alpha value is -2.74. The van der Waals surface area contributed by atoms with E-state index in [9.17, 15) is 9.59 Å². The lowest BCUT2D eigenvalue weighted by atomic mass is 10.0. The van der Waals surface area contributed by atoms with Gasteiger partial charge in [0.1, 0.15) is 12.7 Å². The minimum absolute atomic E-state index is 0.0714. The molecule has 0 saturated carbocycles.